The van der Waals surface area contributed by atoms with Crippen molar-refractivity contribution in [2.24, 2.45) is 0 Å². The van der Waals surface area contributed by atoms with Crippen molar-refractivity contribution in [3.05, 3.63) is 41.5 Å². The van der Waals surface area contributed by atoms with E-state index >= 15 is 0 Å². The van der Waals surface area contributed by atoms with Gasteiger partial charge in [-0.3, -0.25) is 9.59 Å². The molecular formula is C21H28N4O4. The van der Waals surface area contributed by atoms with Crippen molar-refractivity contribution in [1.82, 2.24) is 20.4 Å². The second kappa shape index (κ2) is 10.0. The number of rotatable bonds is 8. The van der Waals surface area contributed by atoms with Crippen molar-refractivity contribution in [3.8, 4) is 5.75 Å². The van der Waals surface area contributed by atoms with Crippen LogP contribution in [0.15, 0.2) is 28.8 Å². The highest BCUT2D eigenvalue weighted by atomic mass is 16.5. The van der Waals surface area contributed by atoms with E-state index in [0.29, 0.717) is 56.2 Å². The molecule has 8 nitrogen and oxygen atoms in total. The number of nitrogens with one attached hydrogen (secondary N) is 1. The molecule has 1 aromatic carbocycles. The molecule has 2 heterocycles. The van der Waals surface area contributed by atoms with E-state index in [-0.39, 0.29) is 17.9 Å². The van der Waals surface area contributed by atoms with Gasteiger partial charge in [0.1, 0.15) is 5.75 Å². The van der Waals surface area contributed by atoms with Crippen LogP contribution in [0.1, 0.15) is 54.7 Å². The average Bonchev–Trinajstić information content (AvgIpc) is 3.14. The van der Waals surface area contributed by atoms with E-state index in [2.05, 4.69) is 15.5 Å². The zero-order chi connectivity index (χ0) is 20.6. The number of piperidine rings is 1. The van der Waals surface area contributed by atoms with E-state index in [0.717, 1.165) is 18.6 Å². The fraction of sp³-hybridized carbons (Fsp3) is 0.524. The minimum atomic E-state index is 0.0210. The van der Waals surface area contributed by atoms with E-state index in [1.54, 1.807) is 19.1 Å². The van der Waals surface area contributed by atoms with Crippen LogP contribution < -0.4 is 10.1 Å². The Hall–Kier alpha value is -2.90. The molecule has 1 aliphatic heterocycles. The Balaban J connectivity index is 1.38. The maximum Gasteiger partial charge on any atom is 0.253 e. The Labute approximate surface area is 170 Å². The van der Waals surface area contributed by atoms with Crippen molar-refractivity contribution >= 4 is 11.8 Å². The van der Waals surface area contributed by atoms with E-state index in [1.165, 1.54) is 0 Å². The molecule has 1 aliphatic rings. The summed E-state index contributed by atoms with van der Waals surface area (Å²) in [5.74, 6) is 1.98. The van der Waals surface area contributed by atoms with Crippen LogP contribution in [0.5, 0.6) is 5.75 Å². The Kier molecular flexibility index (Phi) is 7.21. The van der Waals surface area contributed by atoms with Gasteiger partial charge in [0.25, 0.3) is 5.91 Å². The largest absolute Gasteiger partial charge is 0.494 e. The highest BCUT2D eigenvalue weighted by Gasteiger charge is 2.24. The molecule has 1 saturated heterocycles. The zero-order valence-corrected chi connectivity index (χ0v) is 17.0. The van der Waals surface area contributed by atoms with Gasteiger partial charge in [-0.1, -0.05) is 5.16 Å². The second-order valence-electron chi connectivity index (χ2n) is 7.18. The summed E-state index contributed by atoms with van der Waals surface area (Å²) in [6, 6.07) is 7.34. The molecule has 2 aromatic rings. The minimum absolute atomic E-state index is 0.0210. The van der Waals surface area contributed by atoms with Gasteiger partial charge in [0.2, 0.25) is 11.8 Å². The van der Waals surface area contributed by atoms with Gasteiger partial charge in [0.15, 0.2) is 5.82 Å². The monoisotopic (exact) mass is 400 g/mol. The van der Waals surface area contributed by atoms with Gasteiger partial charge in [-0.05, 0) is 57.4 Å². The molecular weight excluding hydrogens is 372 g/mol. The summed E-state index contributed by atoms with van der Waals surface area (Å²) in [7, 11) is 0. The summed E-state index contributed by atoms with van der Waals surface area (Å²) in [5, 5.41) is 6.81. The molecule has 1 aromatic heterocycles. The topological polar surface area (TPSA) is 97.6 Å². The van der Waals surface area contributed by atoms with Crippen LogP contribution in [-0.4, -0.2) is 52.6 Å². The standard InChI is InChI=1S/C21H28N4O4/c1-3-28-18-9-7-16(8-10-18)21(27)25-13-11-17(12-14-25)23-19(26)5-4-6-20-22-15(2)24-29-20/h7-10,17H,3-6,11-14H2,1-2H3,(H,23,26). The molecule has 3 rings (SSSR count). The summed E-state index contributed by atoms with van der Waals surface area (Å²) >= 11 is 0. The van der Waals surface area contributed by atoms with Gasteiger partial charge >= 0.3 is 0 Å². The molecule has 0 atom stereocenters. The lowest BCUT2D eigenvalue weighted by Gasteiger charge is -2.32. The zero-order valence-electron chi connectivity index (χ0n) is 17.0. The Morgan fingerprint density at radius 2 is 1.97 bits per heavy atom. The van der Waals surface area contributed by atoms with E-state index < -0.39 is 0 Å². The lowest BCUT2D eigenvalue weighted by molar-refractivity contribution is -0.122. The van der Waals surface area contributed by atoms with Gasteiger partial charge in [0.05, 0.1) is 6.61 Å². The summed E-state index contributed by atoms with van der Waals surface area (Å²) in [6.45, 7) is 5.57. The van der Waals surface area contributed by atoms with Gasteiger partial charge in [-0.25, -0.2) is 0 Å². The van der Waals surface area contributed by atoms with Crippen LogP contribution in [0.3, 0.4) is 0 Å². The normalized spacial score (nSPS) is 14.6. The number of aromatic nitrogens is 2. The third-order valence-electron chi connectivity index (χ3n) is 4.92. The van der Waals surface area contributed by atoms with Crippen LogP contribution in [-0.2, 0) is 11.2 Å². The summed E-state index contributed by atoms with van der Waals surface area (Å²) in [5.41, 5.74) is 0.659. The van der Waals surface area contributed by atoms with Crippen LogP contribution in [0.2, 0.25) is 0 Å². The number of carbonyl (C=O) groups excluding carboxylic acids is 2. The maximum absolute atomic E-state index is 12.7. The molecule has 29 heavy (non-hydrogen) atoms. The summed E-state index contributed by atoms with van der Waals surface area (Å²) in [6.07, 6.45) is 3.22. The predicted molar refractivity (Wildman–Crippen MR) is 107 cm³/mol. The first-order chi connectivity index (χ1) is 14.0. The molecule has 1 fully saturated rings. The first-order valence-corrected chi connectivity index (χ1v) is 10.2. The number of carbonyl (C=O) groups is 2. The number of hydrogen-bond donors (Lipinski definition) is 1. The first-order valence-electron chi connectivity index (χ1n) is 10.2. The SMILES string of the molecule is CCOc1ccc(C(=O)N2CCC(NC(=O)CCCc3nc(C)no3)CC2)cc1. The number of hydrogen-bond acceptors (Lipinski definition) is 6. The number of nitrogens with zero attached hydrogens (tertiary/aromatic N) is 3. The van der Waals surface area contributed by atoms with E-state index in [4.69, 9.17) is 9.26 Å². The lowest BCUT2D eigenvalue weighted by Crippen LogP contribution is -2.46. The van der Waals surface area contributed by atoms with Crippen LogP contribution in [0.4, 0.5) is 0 Å². The van der Waals surface area contributed by atoms with Crippen molar-refractivity contribution in [1.29, 1.82) is 0 Å². The molecule has 8 heteroatoms. The van der Waals surface area contributed by atoms with Crippen molar-refractivity contribution < 1.29 is 18.8 Å². The molecule has 156 valence electrons. The highest BCUT2D eigenvalue weighted by Crippen LogP contribution is 2.17. The summed E-state index contributed by atoms with van der Waals surface area (Å²) in [4.78, 5) is 30.8. The Bertz CT molecular complexity index is 810. The Morgan fingerprint density at radius 3 is 2.59 bits per heavy atom. The highest BCUT2D eigenvalue weighted by molar-refractivity contribution is 5.94. The van der Waals surface area contributed by atoms with Gasteiger partial charge in [-0.2, -0.15) is 4.98 Å². The fourth-order valence-corrected chi connectivity index (χ4v) is 3.41. The van der Waals surface area contributed by atoms with E-state index in [1.807, 2.05) is 24.0 Å². The third kappa shape index (κ3) is 6.04. The molecule has 1 N–H and O–H groups in total. The number of likely N-dealkylation sites (tertiary alicyclic amines) is 1. The first kappa shape index (κ1) is 20.8. The maximum atomic E-state index is 12.7. The van der Waals surface area contributed by atoms with Gasteiger partial charge < -0.3 is 19.5 Å². The van der Waals surface area contributed by atoms with Gasteiger partial charge in [0, 0.05) is 37.5 Å². The number of amides is 2. The smallest absolute Gasteiger partial charge is 0.253 e. The Morgan fingerprint density at radius 1 is 1.24 bits per heavy atom. The molecule has 0 radical (unpaired) electrons. The third-order valence-corrected chi connectivity index (χ3v) is 4.92. The van der Waals surface area contributed by atoms with E-state index in [9.17, 15) is 9.59 Å². The predicted octanol–water partition coefficient (Wildman–Crippen LogP) is 2.52. The quantitative estimate of drug-likeness (QED) is 0.731. The number of aryl methyl sites for hydroxylation is 2. The van der Waals surface area contributed by atoms with Crippen LogP contribution >= 0.6 is 0 Å². The molecule has 0 unspecified atom stereocenters. The number of ether oxygens (including phenoxy) is 1. The van der Waals surface area contributed by atoms with Crippen molar-refractivity contribution in [2.75, 3.05) is 19.7 Å². The molecule has 0 saturated carbocycles. The molecule has 0 aliphatic carbocycles. The molecule has 0 spiro atoms. The lowest BCUT2D eigenvalue weighted by atomic mass is 10.0. The van der Waals surface area contributed by atoms with Gasteiger partial charge in [-0.15, -0.1) is 0 Å². The summed E-state index contributed by atoms with van der Waals surface area (Å²) < 4.78 is 10.5. The van der Waals surface area contributed by atoms with Crippen LogP contribution in [0, 0.1) is 6.92 Å². The molecule has 0 bridgehead atoms. The van der Waals surface area contributed by atoms with Crippen molar-refractivity contribution in [2.45, 2.75) is 52.0 Å². The average molecular weight is 400 g/mol. The second-order valence-corrected chi connectivity index (χ2v) is 7.18. The fourth-order valence-electron chi connectivity index (χ4n) is 3.41. The van der Waals surface area contributed by atoms with Crippen LogP contribution in [0.25, 0.3) is 0 Å². The number of benzene rings is 1. The molecule has 2 amide bonds. The van der Waals surface area contributed by atoms with Crippen molar-refractivity contribution in [3.63, 3.8) is 0 Å². The minimum Gasteiger partial charge on any atom is -0.494 e.